The quantitative estimate of drug-likeness (QED) is 0.328. The molecular weight excluding hydrogens is 551 g/mol. The molecule has 1 aliphatic rings. The molecule has 5 rings (SSSR count). The maximum Gasteiger partial charge on any atom is 0.240 e. The number of carbonyl (C=O) groups excluding carboxylic acids is 2. The van der Waals surface area contributed by atoms with Crippen LogP contribution in [0.25, 0.3) is 5.69 Å². The van der Waals surface area contributed by atoms with Crippen molar-refractivity contribution >= 4 is 29.4 Å². The average molecular weight is 580 g/mol. The van der Waals surface area contributed by atoms with Crippen LogP contribution in [-0.4, -0.2) is 38.9 Å². The van der Waals surface area contributed by atoms with Crippen LogP contribution >= 0.6 is 11.8 Å². The molecule has 1 atom stereocenters. The van der Waals surface area contributed by atoms with E-state index in [1.54, 1.807) is 18.5 Å². The van der Waals surface area contributed by atoms with Crippen LogP contribution in [0.5, 0.6) is 0 Å². The Balaban J connectivity index is 1.67. The fourth-order valence-electron chi connectivity index (χ4n) is 4.70. The largest absolute Gasteiger partial charge is 0.350 e. The van der Waals surface area contributed by atoms with Crippen LogP contribution in [0.2, 0.25) is 0 Å². The van der Waals surface area contributed by atoms with Gasteiger partial charge in [-0.2, -0.15) is 5.10 Å². The van der Waals surface area contributed by atoms with E-state index in [2.05, 4.69) is 10.3 Å². The number of aromatic nitrogens is 3. The number of rotatable bonds is 6. The molecule has 11 heteroatoms. The fraction of sp³-hybridized carbons (Fsp3) is 0.267. The normalized spacial score (nSPS) is 15.4. The molecule has 0 bridgehead atoms. The molecule has 0 radical (unpaired) electrons. The number of halogens is 3. The summed E-state index contributed by atoms with van der Waals surface area (Å²) in [5.74, 6) is -2.52. The zero-order valence-corrected chi connectivity index (χ0v) is 23.5. The third kappa shape index (κ3) is 6.00. The molecule has 212 valence electrons. The molecule has 4 aromatic rings. The van der Waals surface area contributed by atoms with Crippen molar-refractivity contribution in [3.8, 4) is 5.69 Å². The second kappa shape index (κ2) is 11.4. The van der Waals surface area contributed by atoms with Crippen molar-refractivity contribution in [3.05, 3.63) is 107 Å². The Kier molecular flexibility index (Phi) is 7.90. The number of thioether (sulfide) groups is 1. The standard InChI is InChI=1S/C30H28F3N5O2S/c1-30(2,3)28-26-27(22-11-8-20(32)13-23(22)33)41-17-25(40)37(16-24(39)35-15-18-5-4-12-34-14-18)29(26)38(36-28)21-9-6-19(31)7-10-21/h4-14,27H,15-17H2,1-3H3,(H,35,39). The van der Waals surface area contributed by atoms with Gasteiger partial charge in [0.05, 0.1) is 22.4 Å². The van der Waals surface area contributed by atoms with E-state index in [0.717, 1.165) is 11.6 Å². The molecule has 0 saturated heterocycles. The van der Waals surface area contributed by atoms with E-state index in [4.69, 9.17) is 5.10 Å². The topological polar surface area (TPSA) is 80.1 Å². The lowest BCUT2D eigenvalue weighted by Gasteiger charge is -2.24. The molecule has 7 nitrogen and oxygen atoms in total. The van der Waals surface area contributed by atoms with Crippen LogP contribution < -0.4 is 10.2 Å². The number of carbonyl (C=O) groups is 2. The summed E-state index contributed by atoms with van der Waals surface area (Å²) in [5.41, 5.74) is 1.95. The minimum absolute atomic E-state index is 0.0704. The Morgan fingerprint density at radius 3 is 2.46 bits per heavy atom. The Hall–Kier alpha value is -4.12. The van der Waals surface area contributed by atoms with E-state index in [0.29, 0.717) is 16.9 Å². The Labute approximate surface area is 239 Å². The van der Waals surface area contributed by atoms with Gasteiger partial charge in [0.2, 0.25) is 11.8 Å². The van der Waals surface area contributed by atoms with Crippen molar-refractivity contribution in [1.29, 1.82) is 0 Å². The highest BCUT2D eigenvalue weighted by Crippen LogP contribution is 2.49. The molecule has 1 N–H and O–H groups in total. The van der Waals surface area contributed by atoms with Crippen LogP contribution in [0.3, 0.4) is 0 Å². The number of hydrogen-bond donors (Lipinski definition) is 1. The third-order valence-corrected chi connectivity index (χ3v) is 7.87. The van der Waals surface area contributed by atoms with Gasteiger partial charge >= 0.3 is 0 Å². The smallest absolute Gasteiger partial charge is 0.240 e. The second-order valence-corrected chi connectivity index (χ2v) is 11.8. The van der Waals surface area contributed by atoms with Crippen molar-refractivity contribution in [1.82, 2.24) is 20.1 Å². The van der Waals surface area contributed by atoms with Gasteiger partial charge in [0.1, 0.15) is 29.8 Å². The average Bonchev–Trinajstić information content (AvgIpc) is 3.27. The van der Waals surface area contributed by atoms with Gasteiger partial charge in [-0.3, -0.25) is 19.5 Å². The van der Waals surface area contributed by atoms with Gasteiger partial charge in [-0.1, -0.05) is 32.9 Å². The van der Waals surface area contributed by atoms with E-state index in [1.165, 1.54) is 57.7 Å². The zero-order valence-electron chi connectivity index (χ0n) is 22.7. The van der Waals surface area contributed by atoms with Crippen LogP contribution in [0.4, 0.5) is 19.0 Å². The van der Waals surface area contributed by atoms with E-state index in [-0.39, 0.29) is 36.1 Å². The minimum Gasteiger partial charge on any atom is -0.350 e. The highest BCUT2D eigenvalue weighted by atomic mass is 32.2. The maximum absolute atomic E-state index is 15.2. The number of benzene rings is 2. The lowest BCUT2D eigenvalue weighted by molar-refractivity contribution is -0.123. The van der Waals surface area contributed by atoms with Crippen LogP contribution in [-0.2, 0) is 21.5 Å². The Bertz CT molecular complexity index is 1590. The Morgan fingerprint density at radius 2 is 1.80 bits per heavy atom. The maximum atomic E-state index is 15.2. The van der Waals surface area contributed by atoms with Gasteiger partial charge in [-0.25, -0.2) is 17.9 Å². The molecule has 0 saturated carbocycles. The van der Waals surface area contributed by atoms with Gasteiger partial charge < -0.3 is 5.32 Å². The van der Waals surface area contributed by atoms with Crippen molar-refractivity contribution in [2.24, 2.45) is 0 Å². The number of fused-ring (bicyclic) bond motifs is 1. The first-order chi connectivity index (χ1) is 19.5. The molecule has 2 aromatic heterocycles. The molecule has 2 amide bonds. The predicted octanol–water partition coefficient (Wildman–Crippen LogP) is 5.47. The third-order valence-electron chi connectivity index (χ3n) is 6.63. The summed E-state index contributed by atoms with van der Waals surface area (Å²) in [4.78, 5) is 32.2. The van der Waals surface area contributed by atoms with Gasteiger partial charge in [0.15, 0.2) is 0 Å². The zero-order chi connectivity index (χ0) is 29.3. The molecule has 0 spiro atoms. The van der Waals surface area contributed by atoms with Gasteiger partial charge in [0, 0.05) is 41.5 Å². The second-order valence-electron chi connectivity index (χ2n) is 10.7. The number of pyridine rings is 1. The monoisotopic (exact) mass is 579 g/mol. The summed E-state index contributed by atoms with van der Waals surface area (Å²) in [6.07, 6.45) is 3.26. The molecule has 1 unspecified atom stereocenters. The van der Waals surface area contributed by atoms with Crippen molar-refractivity contribution in [2.45, 2.75) is 38.0 Å². The molecule has 0 aliphatic carbocycles. The predicted molar refractivity (Wildman–Crippen MR) is 151 cm³/mol. The minimum atomic E-state index is -0.752. The molecule has 41 heavy (non-hydrogen) atoms. The lowest BCUT2D eigenvalue weighted by Crippen LogP contribution is -2.42. The van der Waals surface area contributed by atoms with Crippen molar-refractivity contribution in [3.63, 3.8) is 0 Å². The van der Waals surface area contributed by atoms with Crippen LogP contribution in [0, 0.1) is 17.5 Å². The molecule has 3 heterocycles. The number of hydrogen-bond acceptors (Lipinski definition) is 5. The number of amides is 2. The number of nitrogens with zero attached hydrogens (tertiary/aromatic N) is 4. The first-order valence-electron chi connectivity index (χ1n) is 12.9. The SMILES string of the molecule is CC(C)(C)c1nn(-c2ccc(F)cc2)c2c1C(c1ccc(F)cc1F)SCC(=O)N2CC(=O)NCc1cccnc1. The summed E-state index contributed by atoms with van der Waals surface area (Å²) in [5, 5.41) is 6.95. The van der Waals surface area contributed by atoms with E-state index in [1.807, 2.05) is 26.8 Å². The summed E-state index contributed by atoms with van der Waals surface area (Å²) in [7, 11) is 0. The first-order valence-corrected chi connectivity index (χ1v) is 14.0. The first kappa shape index (κ1) is 28.4. The summed E-state index contributed by atoms with van der Waals surface area (Å²) < 4.78 is 44.5. The van der Waals surface area contributed by atoms with Crippen molar-refractivity contribution < 1.29 is 22.8 Å². The van der Waals surface area contributed by atoms with E-state index < -0.39 is 34.0 Å². The van der Waals surface area contributed by atoms with Gasteiger partial charge in [-0.05, 0) is 42.0 Å². The molecule has 2 aromatic carbocycles. The highest BCUT2D eigenvalue weighted by molar-refractivity contribution is 8.00. The van der Waals surface area contributed by atoms with Crippen LogP contribution in [0.15, 0.2) is 67.0 Å². The Morgan fingerprint density at radius 1 is 1.07 bits per heavy atom. The number of nitrogens with one attached hydrogen (secondary N) is 1. The van der Waals surface area contributed by atoms with Crippen LogP contribution in [0.1, 0.15) is 48.4 Å². The van der Waals surface area contributed by atoms with Gasteiger partial charge in [-0.15, -0.1) is 11.8 Å². The molecule has 0 fully saturated rings. The summed E-state index contributed by atoms with van der Waals surface area (Å²) in [6, 6.07) is 12.5. The summed E-state index contributed by atoms with van der Waals surface area (Å²) in [6.45, 7) is 5.69. The van der Waals surface area contributed by atoms with Crippen molar-refractivity contribution in [2.75, 3.05) is 17.2 Å². The van der Waals surface area contributed by atoms with E-state index in [9.17, 15) is 18.4 Å². The molecular formula is C30H28F3N5O2S. The van der Waals surface area contributed by atoms with E-state index >= 15 is 4.39 Å². The summed E-state index contributed by atoms with van der Waals surface area (Å²) >= 11 is 1.18. The molecule has 1 aliphatic heterocycles. The fourth-order valence-corrected chi connectivity index (χ4v) is 5.92. The van der Waals surface area contributed by atoms with Gasteiger partial charge in [0.25, 0.3) is 0 Å². The highest BCUT2D eigenvalue weighted by Gasteiger charge is 2.40. The lowest BCUT2D eigenvalue weighted by atomic mass is 9.87. The number of anilines is 1.